The van der Waals surface area contributed by atoms with E-state index in [0.29, 0.717) is 27.8 Å². The minimum absolute atomic E-state index is 0.0578. The summed E-state index contributed by atoms with van der Waals surface area (Å²) < 4.78 is 6.90. The van der Waals surface area contributed by atoms with E-state index in [1.807, 2.05) is 0 Å². The summed E-state index contributed by atoms with van der Waals surface area (Å²) in [5, 5.41) is 17.1. The molecule has 0 atom stereocenters. The second-order valence-corrected chi connectivity index (χ2v) is 8.00. The molecule has 0 spiro atoms. The summed E-state index contributed by atoms with van der Waals surface area (Å²) in [7, 11) is 5.01. The van der Waals surface area contributed by atoms with Gasteiger partial charge in [0.15, 0.2) is 6.61 Å². The lowest BCUT2D eigenvalue weighted by Crippen LogP contribution is -2.27. The molecule has 0 fully saturated rings. The van der Waals surface area contributed by atoms with Gasteiger partial charge in [-0.05, 0) is 59.0 Å². The fourth-order valence-corrected chi connectivity index (χ4v) is 3.14. The number of carbonyl (C=O) groups excluding carboxylic acids is 3. The number of anilines is 2. The van der Waals surface area contributed by atoms with Gasteiger partial charge in [0.1, 0.15) is 5.75 Å². The van der Waals surface area contributed by atoms with Gasteiger partial charge in [0.05, 0.1) is 5.75 Å². The Bertz CT molecular complexity index is 1110. The number of thioether (sulfide) groups is 1. The van der Waals surface area contributed by atoms with Crippen LogP contribution in [0.1, 0.15) is 10.4 Å². The van der Waals surface area contributed by atoms with Crippen LogP contribution in [-0.2, 0) is 16.6 Å². The van der Waals surface area contributed by atoms with E-state index in [1.54, 1.807) is 69.7 Å². The van der Waals surface area contributed by atoms with Crippen LogP contribution in [0.5, 0.6) is 5.75 Å². The quantitative estimate of drug-likeness (QED) is 0.453. The molecule has 3 amide bonds. The monoisotopic (exact) mass is 469 g/mol. The lowest BCUT2D eigenvalue weighted by atomic mass is 10.2. The van der Waals surface area contributed by atoms with E-state index in [1.165, 1.54) is 21.3 Å². The topological polar surface area (TPSA) is 131 Å². The number of nitrogens with zero attached hydrogens (tertiary/aromatic N) is 5. The van der Waals surface area contributed by atoms with Gasteiger partial charge in [-0.3, -0.25) is 14.4 Å². The lowest BCUT2D eigenvalue weighted by Gasteiger charge is -2.12. The Hall–Kier alpha value is -3.93. The Kier molecular flexibility index (Phi) is 7.97. The Morgan fingerprint density at radius 2 is 1.64 bits per heavy atom. The number of tetrazole rings is 1. The first-order valence-electron chi connectivity index (χ1n) is 9.81. The molecule has 3 rings (SSSR count). The summed E-state index contributed by atoms with van der Waals surface area (Å²) in [5.41, 5.74) is 1.59. The molecular formula is C21H23N7O4S. The van der Waals surface area contributed by atoms with Crippen LogP contribution < -0.4 is 15.4 Å². The number of benzene rings is 2. The van der Waals surface area contributed by atoms with E-state index in [0.717, 1.165) is 0 Å². The van der Waals surface area contributed by atoms with Gasteiger partial charge in [0.25, 0.3) is 11.8 Å². The highest BCUT2D eigenvalue weighted by Gasteiger charge is 2.10. The lowest BCUT2D eigenvalue weighted by molar-refractivity contribution is -0.130. The van der Waals surface area contributed by atoms with Gasteiger partial charge < -0.3 is 20.3 Å². The number of aromatic nitrogens is 4. The molecule has 33 heavy (non-hydrogen) atoms. The average molecular weight is 470 g/mol. The van der Waals surface area contributed by atoms with Crippen LogP contribution in [0, 0.1) is 0 Å². The van der Waals surface area contributed by atoms with Gasteiger partial charge in [-0.15, -0.1) is 5.10 Å². The zero-order valence-electron chi connectivity index (χ0n) is 18.3. The van der Waals surface area contributed by atoms with E-state index >= 15 is 0 Å². The molecule has 0 saturated carbocycles. The fourth-order valence-electron chi connectivity index (χ4n) is 2.49. The van der Waals surface area contributed by atoms with Crippen molar-refractivity contribution >= 4 is 40.9 Å². The van der Waals surface area contributed by atoms with Crippen LogP contribution in [-0.4, -0.2) is 69.3 Å². The first-order chi connectivity index (χ1) is 15.8. The number of rotatable bonds is 9. The van der Waals surface area contributed by atoms with Crippen molar-refractivity contribution in [1.29, 1.82) is 0 Å². The third-order valence-electron chi connectivity index (χ3n) is 4.32. The Morgan fingerprint density at radius 3 is 2.24 bits per heavy atom. The molecule has 0 radical (unpaired) electrons. The Labute approximate surface area is 194 Å². The summed E-state index contributed by atoms with van der Waals surface area (Å²) in [5.74, 6) is 0.0225. The summed E-state index contributed by atoms with van der Waals surface area (Å²) in [6, 6.07) is 13.3. The fraction of sp³-hybridized carbons (Fsp3) is 0.238. The van der Waals surface area contributed by atoms with Gasteiger partial charge in [-0.2, -0.15) is 0 Å². The summed E-state index contributed by atoms with van der Waals surface area (Å²) in [6.45, 7) is -0.0578. The number of aryl methyl sites for hydroxylation is 1. The SMILES string of the molecule is CN(C)C(=O)COc1ccc(NC(=O)c2ccc(NC(=O)CSc3nnnn3C)cc2)cc1. The number of hydrogen-bond donors (Lipinski definition) is 2. The van der Waals surface area contributed by atoms with Crippen LogP contribution in [0.25, 0.3) is 0 Å². The molecule has 11 nitrogen and oxygen atoms in total. The zero-order valence-corrected chi connectivity index (χ0v) is 19.1. The van der Waals surface area contributed by atoms with Crippen molar-refractivity contribution in [3.05, 3.63) is 54.1 Å². The Balaban J connectivity index is 1.48. The highest BCUT2D eigenvalue weighted by atomic mass is 32.2. The normalized spacial score (nSPS) is 10.4. The van der Waals surface area contributed by atoms with Crippen molar-refractivity contribution in [1.82, 2.24) is 25.1 Å². The summed E-state index contributed by atoms with van der Waals surface area (Å²) in [4.78, 5) is 37.6. The molecule has 1 aromatic heterocycles. The standard InChI is InChI=1S/C21H23N7O4S/c1-27(2)19(30)12-32-17-10-8-16(9-11-17)23-20(31)14-4-6-15(7-5-14)22-18(29)13-33-21-24-25-26-28(21)3/h4-11H,12-13H2,1-3H3,(H,22,29)(H,23,31). The molecule has 12 heteroatoms. The zero-order chi connectivity index (χ0) is 23.8. The van der Waals surface area contributed by atoms with Gasteiger partial charge in [0.2, 0.25) is 11.1 Å². The molecule has 0 aliphatic carbocycles. The molecule has 1 heterocycles. The maximum atomic E-state index is 12.5. The van der Waals surface area contributed by atoms with Crippen molar-refractivity contribution in [2.45, 2.75) is 5.16 Å². The minimum atomic E-state index is -0.297. The number of nitrogens with one attached hydrogen (secondary N) is 2. The van der Waals surface area contributed by atoms with Crippen LogP contribution in [0.2, 0.25) is 0 Å². The van der Waals surface area contributed by atoms with E-state index in [9.17, 15) is 14.4 Å². The molecule has 3 aromatic rings. The first kappa shape index (κ1) is 23.7. The molecule has 0 saturated heterocycles. The second kappa shape index (κ2) is 11.1. The van der Waals surface area contributed by atoms with Gasteiger partial charge in [-0.25, -0.2) is 4.68 Å². The Morgan fingerprint density at radius 1 is 1.00 bits per heavy atom. The largest absolute Gasteiger partial charge is 0.484 e. The molecule has 0 bridgehead atoms. The molecule has 0 aliphatic rings. The smallest absolute Gasteiger partial charge is 0.259 e. The average Bonchev–Trinajstić information content (AvgIpc) is 3.22. The van der Waals surface area contributed by atoms with Crippen molar-refractivity contribution in [2.75, 3.05) is 37.1 Å². The third-order valence-corrected chi connectivity index (χ3v) is 5.33. The molecule has 0 aliphatic heterocycles. The van der Waals surface area contributed by atoms with E-state index in [4.69, 9.17) is 4.74 Å². The van der Waals surface area contributed by atoms with Gasteiger partial charge in [-0.1, -0.05) is 11.8 Å². The number of hydrogen-bond acceptors (Lipinski definition) is 8. The molecule has 2 aromatic carbocycles. The van der Waals surface area contributed by atoms with Gasteiger partial charge >= 0.3 is 0 Å². The predicted octanol–water partition coefficient (Wildman–Crippen LogP) is 1.66. The van der Waals surface area contributed by atoms with Crippen LogP contribution >= 0.6 is 11.8 Å². The second-order valence-electron chi connectivity index (χ2n) is 7.05. The van der Waals surface area contributed by atoms with Crippen LogP contribution in [0.15, 0.2) is 53.7 Å². The van der Waals surface area contributed by atoms with E-state index < -0.39 is 0 Å². The van der Waals surface area contributed by atoms with Gasteiger partial charge in [0, 0.05) is 38.1 Å². The highest BCUT2D eigenvalue weighted by molar-refractivity contribution is 7.99. The number of amides is 3. The van der Waals surface area contributed by atoms with E-state index in [2.05, 4.69) is 26.2 Å². The van der Waals surface area contributed by atoms with Crippen molar-refractivity contribution in [2.24, 2.45) is 7.05 Å². The maximum Gasteiger partial charge on any atom is 0.259 e. The molecule has 172 valence electrons. The predicted molar refractivity (Wildman–Crippen MR) is 123 cm³/mol. The molecular weight excluding hydrogens is 446 g/mol. The van der Waals surface area contributed by atoms with Crippen LogP contribution in [0.3, 0.4) is 0 Å². The summed E-state index contributed by atoms with van der Waals surface area (Å²) >= 11 is 1.22. The van der Waals surface area contributed by atoms with Crippen molar-refractivity contribution < 1.29 is 19.1 Å². The number of ether oxygens (including phenoxy) is 1. The maximum absolute atomic E-state index is 12.5. The minimum Gasteiger partial charge on any atom is -0.484 e. The highest BCUT2D eigenvalue weighted by Crippen LogP contribution is 2.18. The molecule has 0 unspecified atom stereocenters. The van der Waals surface area contributed by atoms with Crippen LogP contribution in [0.4, 0.5) is 11.4 Å². The van der Waals surface area contributed by atoms with Crippen molar-refractivity contribution in [3.63, 3.8) is 0 Å². The number of carbonyl (C=O) groups is 3. The molecule has 2 N–H and O–H groups in total. The third kappa shape index (κ3) is 7.04. The van der Waals surface area contributed by atoms with E-state index in [-0.39, 0.29) is 30.1 Å². The number of likely N-dealkylation sites (N-methyl/N-ethyl adjacent to an activating group) is 1. The van der Waals surface area contributed by atoms with Crippen molar-refractivity contribution in [3.8, 4) is 5.75 Å². The summed E-state index contributed by atoms with van der Waals surface area (Å²) in [6.07, 6.45) is 0. The first-order valence-corrected chi connectivity index (χ1v) is 10.8.